The van der Waals surface area contributed by atoms with E-state index in [1.807, 2.05) is 60.7 Å². The summed E-state index contributed by atoms with van der Waals surface area (Å²) in [6.07, 6.45) is 8.23. The van der Waals surface area contributed by atoms with Crippen LogP contribution in [0.3, 0.4) is 0 Å². The number of aliphatic hydroxyl groups is 1. The van der Waals surface area contributed by atoms with Gasteiger partial charge >= 0.3 is 5.97 Å². The van der Waals surface area contributed by atoms with E-state index in [0.717, 1.165) is 34.4 Å². The van der Waals surface area contributed by atoms with E-state index in [4.69, 9.17) is 4.74 Å². The lowest BCUT2D eigenvalue weighted by atomic mass is 9.86. The van der Waals surface area contributed by atoms with E-state index in [0.29, 0.717) is 23.6 Å². The van der Waals surface area contributed by atoms with Gasteiger partial charge in [0.05, 0.1) is 12.7 Å². The molecular formula is C41H50N4O6. The lowest BCUT2D eigenvalue weighted by Crippen LogP contribution is -2.55. The molecule has 3 atom stereocenters. The lowest BCUT2D eigenvalue weighted by Gasteiger charge is -2.23. The van der Waals surface area contributed by atoms with Gasteiger partial charge in [0.25, 0.3) is 5.91 Å². The molecule has 0 spiro atoms. The Morgan fingerprint density at radius 3 is 1.96 bits per heavy atom. The molecule has 0 radical (unpaired) electrons. The molecule has 1 aromatic heterocycles. The summed E-state index contributed by atoms with van der Waals surface area (Å²) in [4.78, 5) is 47.4. The van der Waals surface area contributed by atoms with Gasteiger partial charge in [-0.3, -0.25) is 9.59 Å². The van der Waals surface area contributed by atoms with Crippen molar-refractivity contribution in [1.29, 1.82) is 0 Å². The first-order chi connectivity index (χ1) is 24.3. The first-order valence-corrected chi connectivity index (χ1v) is 17.6. The zero-order valence-electron chi connectivity index (χ0n) is 30.2. The largest absolute Gasteiger partial charge is 0.494 e. The van der Waals surface area contributed by atoms with Gasteiger partial charge in [0.1, 0.15) is 11.8 Å². The molecular weight excluding hydrogens is 644 g/mol. The number of carboxylic acid groups (broad SMARTS) is 1. The molecule has 4 N–H and O–H groups in total. The van der Waals surface area contributed by atoms with Crippen LogP contribution in [0.5, 0.6) is 5.75 Å². The third-order valence-electron chi connectivity index (χ3n) is 8.69. The molecule has 0 bridgehead atoms. The standard InChI is InChI=1S/C41H50N4O6/c1-6-7-8-9-10-23-51-34-21-17-29(18-22-34)32-25-42-37(43-26-32)30-13-11-28(12-14-30)24-35(39(48)45-36(27(2)46)40(49)50)44-38(47)31-15-19-33(20-16-31)41(3,4)5/h11-22,25-27,35-36,46H,6-10,23-24H2,1-5H3,(H,44,47)(H,45,48)(H,49,50)/t27-,35+,36+/m1/s1. The highest BCUT2D eigenvalue weighted by molar-refractivity contribution is 5.98. The van der Waals surface area contributed by atoms with E-state index in [1.54, 1.807) is 24.5 Å². The number of carboxylic acids is 1. The lowest BCUT2D eigenvalue weighted by molar-refractivity contribution is -0.145. The number of nitrogens with one attached hydrogen (secondary N) is 2. The number of rotatable bonds is 17. The fourth-order valence-corrected chi connectivity index (χ4v) is 5.51. The van der Waals surface area contributed by atoms with E-state index in [2.05, 4.69) is 48.3 Å². The summed E-state index contributed by atoms with van der Waals surface area (Å²) in [5.41, 5.74) is 4.64. The molecule has 0 aliphatic carbocycles. The second-order valence-electron chi connectivity index (χ2n) is 13.9. The number of benzene rings is 3. The van der Waals surface area contributed by atoms with Crippen molar-refractivity contribution in [3.8, 4) is 28.3 Å². The van der Waals surface area contributed by atoms with Gasteiger partial charge in [0.2, 0.25) is 5.91 Å². The predicted octanol–water partition coefficient (Wildman–Crippen LogP) is 6.75. The van der Waals surface area contributed by atoms with E-state index >= 15 is 0 Å². The molecule has 0 aliphatic rings. The summed E-state index contributed by atoms with van der Waals surface area (Å²) >= 11 is 0. The Labute approximate surface area is 300 Å². The number of aliphatic carboxylic acids is 1. The van der Waals surface area contributed by atoms with Crippen molar-refractivity contribution in [1.82, 2.24) is 20.6 Å². The van der Waals surface area contributed by atoms with Gasteiger partial charge in [-0.05, 0) is 59.7 Å². The van der Waals surface area contributed by atoms with Crippen molar-refractivity contribution in [2.75, 3.05) is 6.61 Å². The molecule has 0 saturated heterocycles. The highest BCUT2D eigenvalue weighted by Gasteiger charge is 2.30. The highest BCUT2D eigenvalue weighted by atomic mass is 16.5. The van der Waals surface area contributed by atoms with E-state index in [1.165, 1.54) is 32.6 Å². The summed E-state index contributed by atoms with van der Waals surface area (Å²) in [5, 5.41) is 24.6. The molecule has 51 heavy (non-hydrogen) atoms. The van der Waals surface area contributed by atoms with Gasteiger partial charge in [-0.1, -0.05) is 102 Å². The summed E-state index contributed by atoms with van der Waals surface area (Å²) in [7, 11) is 0. The maximum absolute atomic E-state index is 13.3. The van der Waals surface area contributed by atoms with Crippen LogP contribution in [0.25, 0.3) is 22.5 Å². The van der Waals surface area contributed by atoms with Crippen LogP contribution in [-0.4, -0.2) is 62.8 Å². The SMILES string of the molecule is CCCCCCCOc1ccc(-c2cnc(-c3ccc(C[C@H](NC(=O)c4ccc(C(C)(C)C)cc4)C(=O)N[C@H](C(=O)O)[C@@H](C)O)cc3)nc2)cc1. The van der Waals surface area contributed by atoms with Crippen molar-refractivity contribution in [3.05, 3.63) is 102 Å². The Bertz CT molecular complexity index is 1710. The summed E-state index contributed by atoms with van der Waals surface area (Å²) in [5.74, 6) is -1.23. The Morgan fingerprint density at radius 2 is 1.39 bits per heavy atom. The van der Waals surface area contributed by atoms with Crippen LogP contribution >= 0.6 is 0 Å². The van der Waals surface area contributed by atoms with Crippen LogP contribution in [-0.2, 0) is 21.4 Å². The monoisotopic (exact) mass is 694 g/mol. The first-order valence-electron chi connectivity index (χ1n) is 17.6. The van der Waals surface area contributed by atoms with Crippen LogP contribution in [0.2, 0.25) is 0 Å². The number of carbonyl (C=O) groups excluding carboxylic acids is 2. The van der Waals surface area contributed by atoms with Gasteiger partial charge in [-0.25, -0.2) is 14.8 Å². The number of hydrogen-bond donors (Lipinski definition) is 4. The van der Waals surface area contributed by atoms with E-state index < -0.39 is 36.0 Å². The minimum atomic E-state index is -1.54. The first kappa shape index (κ1) is 38.7. The van der Waals surface area contributed by atoms with E-state index in [9.17, 15) is 24.6 Å². The Kier molecular flexibility index (Phi) is 13.8. The summed E-state index contributed by atoms with van der Waals surface area (Å²) < 4.78 is 5.88. The molecule has 0 saturated carbocycles. The number of amides is 2. The fourth-order valence-electron chi connectivity index (χ4n) is 5.51. The van der Waals surface area contributed by atoms with Gasteiger partial charge in [0, 0.05) is 35.5 Å². The third kappa shape index (κ3) is 11.5. The molecule has 0 aliphatic heterocycles. The van der Waals surface area contributed by atoms with Crippen LogP contribution in [0, 0.1) is 0 Å². The molecule has 1 heterocycles. The second-order valence-corrected chi connectivity index (χ2v) is 13.9. The van der Waals surface area contributed by atoms with Gasteiger partial charge in [-0.15, -0.1) is 0 Å². The van der Waals surface area contributed by atoms with Crippen molar-refractivity contribution < 1.29 is 29.3 Å². The van der Waals surface area contributed by atoms with E-state index in [-0.39, 0.29) is 11.8 Å². The van der Waals surface area contributed by atoms with Crippen LogP contribution < -0.4 is 15.4 Å². The quantitative estimate of drug-likeness (QED) is 0.0887. The average molecular weight is 695 g/mol. The molecule has 4 aromatic rings. The van der Waals surface area contributed by atoms with Crippen molar-refractivity contribution in [2.45, 2.75) is 96.7 Å². The predicted molar refractivity (Wildman–Crippen MR) is 199 cm³/mol. The molecule has 10 heteroatoms. The number of unbranched alkanes of at least 4 members (excludes halogenated alkanes) is 4. The average Bonchev–Trinajstić information content (AvgIpc) is 3.11. The number of ether oxygens (including phenoxy) is 1. The normalized spacial score (nSPS) is 13.1. The van der Waals surface area contributed by atoms with Gasteiger partial charge in [-0.2, -0.15) is 0 Å². The number of hydrogen-bond acceptors (Lipinski definition) is 7. The topological polar surface area (TPSA) is 151 Å². The van der Waals surface area contributed by atoms with Crippen molar-refractivity contribution in [2.24, 2.45) is 0 Å². The molecule has 270 valence electrons. The van der Waals surface area contributed by atoms with Crippen molar-refractivity contribution in [3.63, 3.8) is 0 Å². The zero-order chi connectivity index (χ0) is 37.0. The Balaban J connectivity index is 1.43. The molecule has 0 unspecified atom stereocenters. The van der Waals surface area contributed by atoms with Gasteiger partial charge < -0.3 is 25.6 Å². The fraction of sp³-hybridized carbons (Fsp3) is 0.390. The maximum atomic E-state index is 13.3. The number of carbonyl (C=O) groups is 3. The minimum Gasteiger partial charge on any atom is -0.494 e. The number of nitrogens with zero attached hydrogens (tertiary/aromatic N) is 2. The maximum Gasteiger partial charge on any atom is 0.328 e. The number of aliphatic hydroxyl groups excluding tert-OH is 1. The highest BCUT2D eigenvalue weighted by Crippen LogP contribution is 2.25. The smallest absolute Gasteiger partial charge is 0.328 e. The molecule has 3 aromatic carbocycles. The Morgan fingerprint density at radius 1 is 0.784 bits per heavy atom. The Hall–Kier alpha value is -5.09. The van der Waals surface area contributed by atoms with Gasteiger partial charge in [0.15, 0.2) is 11.9 Å². The molecule has 4 rings (SSSR count). The second kappa shape index (κ2) is 18.2. The third-order valence-corrected chi connectivity index (χ3v) is 8.69. The molecule has 10 nitrogen and oxygen atoms in total. The van der Waals surface area contributed by atoms with Crippen LogP contribution in [0.1, 0.15) is 88.2 Å². The summed E-state index contributed by atoms with van der Waals surface area (Å²) in [6.45, 7) is 10.4. The zero-order valence-corrected chi connectivity index (χ0v) is 30.2. The van der Waals surface area contributed by atoms with Crippen LogP contribution in [0.15, 0.2) is 85.2 Å². The van der Waals surface area contributed by atoms with Crippen LogP contribution in [0.4, 0.5) is 0 Å². The molecule has 0 fully saturated rings. The summed E-state index contributed by atoms with van der Waals surface area (Å²) in [6, 6.07) is 19.6. The number of aromatic nitrogens is 2. The van der Waals surface area contributed by atoms with Crippen molar-refractivity contribution >= 4 is 17.8 Å². The minimum absolute atomic E-state index is 0.0719. The molecule has 2 amide bonds.